The number of hydrogen-bond donors (Lipinski definition) is 2. The van der Waals surface area contributed by atoms with E-state index in [0.29, 0.717) is 38.9 Å². The molecule has 5 rings (SSSR count). The Morgan fingerprint density at radius 2 is 1.76 bits per heavy atom. The zero-order valence-electron chi connectivity index (χ0n) is 17.0. The van der Waals surface area contributed by atoms with Gasteiger partial charge in [0.25, 0.3) is 5.56 Å². The van der Waals surface area contributed by atoms with Gasteiger partial charge in [0.2, 0.25) is 0 Å². The third-order valence-corrected chi connectivity index (χ3v) is 5.20. The SMILES string of the molecule is Nc1cncc(Nc2ccc3ncc4ccc(=O)n(-c5cccc(C(F)(F)F)c5)c4c3c2)c1. The number of nitrogens with zero attached hydrogens (tertiary/aromatic N) is 3. The first-order chi connectivity index (χ1) is 15.8. The molecular weight excluding hydrogens is 431 g/mol. The van der Waals surface area contributed by atoms with Crippen LogP contribution < -0.4 is 16.6 Å². The molecule has 0 aliphatic rings. The van der Waals surface area contributed by atoms with Gasteiger partial charge >= 0.3 is 6.18 Å². The van der Waals surface area contributed by atoms with E-state index in [0.717, 1.165) is 12.1 Å². The second kappa shape index (κ2) is 7.63. The molecule has 164 valence electrons. The molecule has 3 N–H and O–H groups in total. The number of pyridine rings is 3. The molecule has 9 heteroatoms. The van der Waals surface area contributed by atoms with Gasteiger partial charge in [-0.3, -0.25) is 19.3 Å². The van der Waals surface area contributed by atoms with Crippen molar-refractivity contribution in [1.29, 1.82) is 0 Å². The quantitative estimate of drug-likeness (QED) is 0.368. The molecule has 3 heterocycles. The second-order valence-electron chi connectivity index (χ2n) is 7.48. The normalized spacial score (nSPS) is 11.7. The number of fused-ring (bicyclic) bond motifs is 3. The molecule has 0 aliphatic heterocycles. The lowest BCUT2D eigenvalue weighted by atomic mass is 10.1. The van der Waals surface area contributed by atoms with E-state index in [1.807, 2.05) is 0 Å². The maximum atomic E-state index is 13.3. The van der Waals surface area contributed by atoms with E-state index in [2.05, 4.69) is 15.3 Å². The highest BCUT2D eigenvalue weighted by Crippen LogP contribution is 2.32. The molecule has 0 bridgehead atoms. The van der Waals surface area contributed by atoms with Gasteiger partial charge in [0, 0.05) is 40.6 Å². The van der Waals surface area contributed by atoms with Crippen molar-refractivity contribution in [3.05, 3.63) is 95.2 Å². The van der Waals surface area contributed by atoms with Crippen LogP contribution in [-0.2, 0) is 6.18 Å². The van der Waals surface area contributed by atoms with E-state index < -0.39 is 17.3 Å². The zero-order chi connectivity index (χ0) is 23.2. The van der Waals surface area contributed by atoms with Gasteiger partial charge in [-0.2, -0.15) is 13.2 Å². The Labute approximate surface area is 185 Å². The highest BCUT2D eigenvalue weighted by atomic mass is 19.4. The highest BCUT2D eigenvalue weighted by Gasteiger charge is 2.30. The summed E-state index contributed by atoms with van der Waals surface area (Å²) in [6, 6.07) is 14.7. The molecular formula is C24H16F3N5O. The van der Waals surface area contributed by atoms with Gasteiger partial charge < -0.3 is 11.1 Å². The van der Waals surface area contributed by atoms with Crippen molar-refractivity contribution in [3.8, 4) is 5.69 Å². The molecule has 0 radical (unpaired) electrons. The second-order valence-corrected chi connectivity index (χ2v) is 7.48. The summed E-state index contributed by atoms with van der Waals surface area (Å²) in [7, 11) is 0. The van der Waals surface area contributed by atoms with Gasteiger partial charge in [0.05, 0.1) is 34.2 Å². The molecule has 2 aromatic carbocycles. The van der Waals surface area contributed by atoms with Crippen LogP contribution in [0.15, 0.2) is 84.0 Å². The molecule has 0 saturated carbocycles. The predicted molar refractivity (Wildman–Crippen MR) is 122 cm³/mol. The smallest absolute Gasteiger partial charge is 0.397 e. The molecule has 33 heavy (non-hydrogen) atoms. The van der Waals surface area contributed by atoms with Crippen molar-refractivity contribution in [2.24, 2.45) is 0 Å². The number of hydrogen-bond acceptors (Lipinski definition) is 5. The van der Waals surface area contributed by atoms with Crippen molar-refractivity contribution in [2.75, 3.05) is 11.1 Å². The topological polar surface area (TPSA) is 85.8 Å². The number of anilines is 3. The molecule has 0 aliphatic carbocycles. The molecule has 0 spiro atoms. The fourth-order valence-electron chi connectivity index (χ4n) is 3.76. The number of aromatic nitrogens is 3. The molecule has 0 unspecified atom stereocenters. The first-order valence-electron chi connectivity index (χ1n) is 9.89. The molecule has 0 saturated heterocycles. The van der Waals surface area contributed by atoms with E-state index in [-0.39, 0.29) is 5.69 Å². The van der Waals surface area contributed by atoms with Crippen LogP contribution in [0, 0.1) is 0 Å². The van der Waals surface area contributed by atoms with E-state index in [1.54, 1.807) is 42.7 Å². The standard InChI is InChI=1S/C24H16F3N5O/c25-24(26,27)15-2-1-3-19(8-15)32-22(33)7-4-14-11-30-21-6-5-17(10-20(21)23(14)32)31-18-9-16(28)12-29-13-18/h1-13,31H,28H2. The summed E-state index contributed by atoms with van der Waals surface area (Å²) < 4.78 is 41.2. The maximum absolute atomic E-state index is 13.3. The Balaban J connectivity index is 1.75. The minimum Gasteiger partial charge on any atom is -0.397 e. The van der Waals surface area contributed by atoms with Crippen LogP contribution in [0.25, 0.3) is 27.5 Å². The van der Waals surface area contributed by atoms with Crippen molar-refractivity contribution >= 4 is 38.9 Å². The van der Waals surface area contributed by atoms with Gasteiger partial charge in [0.1, 0.15) is 0 Å². The molecule has 3 aromatic heterocycles. The van der Waals surface area contributed by atoms with E-state index in [4.69, 9.17) is 5.73 Å². The Kier molecular flexibility index (Phi) is 4.74. The lowest BCUT2D eigenvalue weighted by Gasteiger charge is -2.15. The van der Waals surface area contributed by atoms with Gasteiger partial charge in [-0.25, -0.2) is 0 Å². The Morgan fingerprint density at radius 3 is 2.55 bits per heavy atom. The number of alkyl halides is 3. The van der Waals surface area contributed by atoms with Crippen LogP contribution in [0.4, 0.5) is 30.2 Å². The molecule has 0 atom stereocenters. The maximum Gasteiger partial charge on any atom is 0.416 e. The lowest BCUT2D eigenvalue weighted by molar-refractivity contribution is -0.137. The largest absolute Gasteiger partial charge is 0.416 e. The van der Waals surface area contributed by atoms with E-state index in [9.17, 15) is 18.0 Å². The summed E-state index contributed by atoms with van der Waals surface area (Å²) in [5, 5.41) is 4.41. The van der Waals surface area contributed by atoms with Crippen molar-refractivity contribution in [2.45, 2.75) is 6.18 Å². The minimum atomic E-state index is -4.53. The van der Waals surface area contributed by atoms with Crippen molar-refractivity contribution in [1.82, 2.24) is 14.5 Å². The van der Waals surface area contributed by atoms with Crippen LogP contribution in [0.3, 0.4) is 0 Å². The summed E-state index contributed by atoms with van der Waals surface area (Å²) >= 11 is 0. The van der Waals surface area contributed by atoms with E-state index >= 15 is 0 Å². The molecule has 5 aromatic rings. The van der Waals surface area contributed by atoms with Crippen LogP contribution in [0.5, 0.6) is 0 Å². The van der Waals surface area contributed by atoms with Gasteiger partial charge in [-0.1, -0.05) is 6.07 Å². The van der Waals surface area contributed by atoms with Crippen LogP contribution in [0.1, 0.15) is 5.56 Å². The lowest BCUT2D eigenvalue weighted by Crippen LogP contribution is -2.18. The van der Waals surface area contributed by atoms with Crippen LogP contribution in [0.2, 0.25) is 0 Å². The highest BCUT2D eigenvalue weighted by molar-refractivity contribution is 6.05. The van der Waals surface area contributed by atoms with Crippen molar-refractivity contribution in [3.63, 3.8) is 0 Å². The summed E-state index contributed by atoms with van der Waals surface area (Å²) in [6.45, 7) is 0. The number of nitrogens with two attached hydrogens (primary N) is 1. The molecule has 0 amide bonds. The van der Waals surface area contributed by atoms with Gasteiger partial charge in [0.15, 0.2) is 0 Å². The Bertz CT molecular complexity index is 1580. The molecule has 0 fully saturated rings. The minimum absolute atomic E-state index is 0.117. The number of rotatable bonds is 3. The first kappa shape index (κ1) is 20.5. The summed E-state index contributed by atoms with van der Waals surface area (Å²) in [5.41, 5.74) is 7.50. The monoisotopic (exact) mass is 447 g/mol. The summed E-state index contributed by atoms with van der Waals surface area (Å²) in [6.07, 6.45) is 0.198. The number of nitrogen functional groups attached to an aromatic ring is 1. The van der Waals surface area contributed by atoms with Gasteiger partial charge in [-0.05, 0) is 48.5 Å². The number of benzene rings is 2. The number of halogens is 3. The van der Waals surface area contributed by atoms with Crippen molar-refractivity contribution < 1.29 is 13.2 Å². The third-order valence-electron chi connectivity index (χ3n) is 5.20. The predicted octanol–water partition coefficient (Wildman–Crippen LogP) is 5.28. The summed E-state index contributed by atoms with van der Waals surface area (Å²) in [4.78, 5) is 21.4. The van der Waals surface area contributed by atoms with Crippen LogP contribution >= 0.6 is 0 Å². The fourth-order valence-corrected chi connectivity index (χ4v) is 3.76. The van der Waals surface area contributed by atoms with Gasteiger partial charge in [-0.15, -0.1) is 0 Å². The number of nitrogens with one attached hydrogen (secondary N) is 1. The average Bonchev–Trinajstić information content (AvgIpc) is 2.78. The third kappa shape index (κ3) is 3.84. The Hall–Kier alpha value is -4.40. The average molecular weight is 447 g/mol. The molecule has 6 nitrogen and oxygen atoms in total. The summed E-state index contributed by atoms with van der Waals surface area (Å²) in [5.74, 6) is 0. The fraction of sp³-hybridized carbons (Fsp3) is 0.0417. The van der Waals surface area contributed by atoms with E-state index in [1.165, 1.54) is 29.0 Å². The van der Waals surface area contributed by atoms with Crippen LogP contribution in [-0.4, -0.2) is 14.5 Å². The first-order valence-corrected chi connectivity index (χ1v) is 9.89. The Morgan fingerprint density at radius 1 is 0.909 bits per heavy atom. The zero-order valence-corrected chi connectivity index (χ0v) is 17.0.